The number of hydrogen-bond donors (Lipinski definition) is 2. The lowest BCUT2D eigenvalue weighted by Crippen LogP contribution is -2.43. The Morgan fingerprint density at radius 2 is 1.85 bits per heavy atom. The fourth-order valence-electron chi connectivity index (χ4n) is 3.71. The molecule has 0 aliphatic carbocycles. The third-order valence-electron chi connectivity index (χ3n) is 5.18. The quantitative estimate of drug-likeness (QED) is 0.792. The molecule has 138 valence electrons. The van der Waals surface area contributed by atoms with E-state index in [1.165, 1.54) is 17.7 Å². The predicted molar refractivity (Wildman–Crippen MR) is 98.0 cm³/mol. The fourth-order valence-corrected chi connectivity index (χ4v) is 3.71. The summed E-state index contributed by atoms with van der Waals surface area (Å²) in [5.41, 5.74) is 4.06. The number of fused-ring (bicyclic) bond motifs is 3. The maximum absolute atomic E-state index is 13.9. The van der Waals surface area contributed by atoms with Crippen LogP contribution in [0.2, 0.25) is 0 Å². The minimum absolute atomic E-state index is 0.0387. The Morgan fingerprint density at radius 3 is 2.58 bits per heavy atom. The highest BCUT2D eigenvalue weighted by Gasteiger charge is 2.41. The molecule has 0 spiro atoms. The van der Waals surface area contributed by atoms with Crippen LogP contribution in [0.25, 0.3) is 0 Å². The van der Waals surface area contributed by atoms with Crippen LogP contribution in [0.4, 0.5) is 10.1 Å². The SMILES string of the molecule is CC(C)(C)c1ccc2c(c1)[C@H]1OCCO[C@H]1[C@H](c1ccc(O)c(F)c1)N2. The van der Waals surface area contributed by atoms with E-state index in [0.717, 1.165) is 16.8 Å². The van der Waals surface area contributed by atoms with Gasteiger partial charge in [-0.15, -0.1) is 0 Å². The van der Waals surface area contributed by atoms with E-state index < -0.39 is 5.82 Å². The number of halogens is 1. The van der Waals surface area contributed by atoms with Gasteiger partial charge in [0.2, 0.25) is 0 Å². The lowest BCUT2D eigenvalue weighted by atomic mass is 9.82. The number of hydrogen-bond acceptors (Lipinski definition) is 4. The molecule has 26 heavy (non-hydrogen) atoms. The zero-order chi connectivity index (χ0) is 18.5. The van der Waals surface area contributed by atoms with Crippen molar-refractivity contribution in [3.05, 3.63) is 58.9 Å². The molecule has 3 atom stereocenters. The molecule has 0 aromatic heterocycles. The number of benzene rings is 2. The van der Waals surface area contributed by atoms with Crippen LogP contribution in [-0.2, 0) is 14.9 Å². The Labute approximate surface area is 152 Å². The highest BCUT2D eigenvalue weighted by molar-refractivity contribution is 5.59. The van der Waals surface area contributed by atoms with E-state index in [9.17, 15) is 9.50 Å². The average molecular weight is 357 g/mol. The number of phenols is 1. The Kier molecular flexibility index (Phi) is 4.16. The van der Waals surface area contributed by atoms with Gasteiger partial charge in [-0.05, 0) is 34.7 Å². The first-order valence-electron chi connectivity index (χ1n) is 8.97. The topological polar surface area (TPSA) is 50.7 Å². The minimum atomic E-state index is -0.633. The maximum Gasteiger partial charge on any atom is 0.165 e. The Hall–Kier alpha value is -2.11. The summed E-state index contributed by atoms with van der Waals surface area (Å²) in [6, 6.07) is 10.6. The van der Waals surface area contributed by atoms with Gasteiger partial charge in [0.05, 0.1) is 19.3 Å². The average Bonchev–Trinajstić information content (AvgIpc) is 2.62. The molecule has 4 rings (SSSR count). The van der Waals surface area contributed by atoms with Crippen molar-refractivity contribution in [2.45, 2.75) is 44.4 Å². The minimum Gasteiger partial charge on any atom is -0.505 e. The second kappa shape index (κ2) is 6.25. The van der Waals surface area contributed by atoms with Gasteiger partial charge in [0.1, 0.15) is 12.2 Å². The molecular weight excluding hydrogens is 333 g/mol. The van der Waals surface area contributed by atoms with Crippen LogP contribution in [0, 0.1) is 5.82 Å². The van der Waals surface area contributed by atoms with E-state index in [1.807, 2.05) is 0 Å². The highest BCUT2D eigenvalue weighted by atomic mass is 19.1. The molecule has 0 bridgehead atoms. The van der Waals surface area contributed by atoms with Gasteiger partial charge in [-0.1, -0.05) is 39.0 Å². The van der Waals surface area contributed by atoms with Crippen molar-refractivity contribution in [1.82, 2.24) is 0 Å². The van der Waals surface area contributed by atoms with Crippen molar-refractivity contribution in [2.24, 2.45) is 0 Å². The zero-order valence-electron chi connectivity index (χ0n) is 15.3. The fraction of sp³-hybridized carbons (Fsp3) is 0.429. The Bertz CT molecular complexity index is 830. The molecule has 0 radical (unpaired) electrons. The van der Waals surface area contributed by atoms with Crippen molar-refractivity contribution >= 4 is 5.69 Å². The van der Waals surface area contributed by atoms with E-state index in [-0.39, 0.29) is 29.4 Å². The summed E-state index contributed by atoms with van der Waals surface area (Å²) in [7, 11) is 0. The normalized spacial score (nSPS) is 25.2. The maximum atomic E-state index is 13.9. The van der Waals surface area contributed by atoms with Crippen LogP contribution < -0.4 is 5.32 Å². The summed E-state index contributed by atoms with van der Waals surface area (Å²) in [6.07, 6.45) is -0.459. The van der Waals surface area contributed by atoms with Crippen LogP contribution in [0.15, 0.2) is 36.4 Å². The monoisotopic (exact) mass is 357 g/mol. The third kappa shape index (κ3) is 2.95. The summed E-state index contributed by atoms with van der Waals surface area (Å²) in [6.45, 7) is 7.60. The van der Waals surface area contributed by atoms with E-state index in [0.29, 0.717) is 13.2 Å². The van der Waals surface area contributed by atoms with Gasteiger partial charge in [-0.3, -0.25) is 0 Å². The molecular formula is C21H24FNO3. The lowest BCUT2D eigenvalue weighted by Gasteiger charge is -2.43. The third-order valence-corrected chi connectivity index (χ3v) is 5.18. The molecule has 2 aliphatic rings. The largest absolute Gasteiger partial charge is 0.505 e. The van der Waals surface area contributed by atoms with Gasteiger partial charge >= 0.3 is 0 Å². The number of rotatable bonds is 1. The first-order chi connectivity index (χ1) is 12.3. The van der Waals surface area contributed by atoms with Gasteiger partial charge in [-0.2, -0.15) is 0 Å². The first kappa shape index (κ1) is 17.3. The number of aromatic hydroxyl groups is 1. The summed E-state index contributed by atoms with van der Waals surface area (Å²) in [4.78, 5) is 0. The van der Waals surface area contributed by atoms with Crippen molar-refractivity contribution in [3.63, 3.8) is 0 Å². The summed E-state index contributed by atoms with van der Waals surface area (Å²) in [5.74, 6) is -0.983. The molecule has 0 saturated carbocycles. The summed E-state index contributed by atoms with van der Waals surface area (Å²) in [5, 5.41) is 13.0. The van der Waals surface area contributed by atoms with Gasteiger partial charge in [-0.25, -0.2) is 4.39 Å². The second-order valence-electron chi connectivity index (χ2n) is 8.01. The zero-order valence-corrected chi connectivity index (χ0v) is 15.3. The van der Waals surface area contributed by atoms with Crippen molar-refractivity contribution in [3.8, 4) is 5.75 Å². The number of phenolic OH excluding ortho intramolecular Hbond substituents is 1. The standard InChI is InChI=1S/C21H24FNO3/c1-21(2,3)13-5-6-16-14(11-13)19-20(26-9-8-25-19)18(23-16)12-4-7-17(24)15(22)10-12/h4-7,10-11,18-20,23-24H,8-9H2,1-3H3/t18-,19+,20-/m0/s1. The molecule has 0 amide bonds. The predicted octanol–water partition coefficient (Wildman–Crippen LogP) is 4.45. The van der Waals surface area contributed by atoms with E-state index in [2.05, 4.69) is 44.3 Å². The summed E-state index contributed by atoms with van der Waals surface area (Å²) >= 11 is 0. The number of anilines is 1. The molecule has 2 aliphatic heterocycles. The number of ether oxygens (including phenoxy) is 2. The molecule has 2 heterocycles. The summed E-state index contributed by atoms with van der Waals surface area (Å²) < 4.78 is 26.0. The van der Waals surface area contributed by atoms with Gasteiger partial charge in [0.15, 0.2) is 11.6 Å². The van der Waals surface area contributed by atoms with Crippen molar-refractivity contribution < 1.29 is 19.0 Å². The molecule has 2 N–H and O–H groups in total. The molecule has 1 saturated heterocycles. The van der Waals surface area contributed by atoms with Crippen LogP contribution in [0.5, 0.6) is 5.75 Å². The van der Waals surface area contributed by atoms with Crippen LogP contribution in [0.3, 0.4) is 0 Å². The van der Waals surface area contributed by atoms with Crippen LogP contribution in [0.1, 0.15) is 49.6 Å². The van der Waals surface area contributed by atoms with Crippen molar-refractivity contribution in [1.29, 1.82) is 0 Å². The van der Waals surface area contributed by atoms with Gasteiger partial charge in [0.25, 0.3) is 0 Å². The second-order valence-corrected chi connectivity index (χ2v) is 8.01. The first-order valence-corrected chi connectivity index (χ1v) is 8.97. The van der Waals surface area contributed by atoms with Crippen LogP contribution in [-0.4, -0.2) is 24.4 Å². The molecule has 5 heteroatoms. The van der Waals surface area contributed by atoms with E-state index in [1.54, 1.807) is 6.07 Å². The number of nitrogens with one attached hydrogen (secondary N) is 1. The van der Waals surface area contributed by atoms with E-state index in [4.69, 9.17) is 9.47 Å². The van der Waals surface area contributed by atoms with Crippen LogP contribution >= 0.6 is 0 Å². The Morgan fingerprint density at radius 1 is 1.08 bits per heavy atom. The lowest BCUT2D eigenvalue weighted by molar-refractivity contribution is -0.151. The molecule has 4 nitrogen and oxygen atoms in total. The molecule has 2 aromatic rings. The molecule has 0 unspecified atom stereocenters. The van der Waals surface area contributed by atoms with Crippen molar-refractivity contribution in [2.75, 3.05) is 18.5 Å². The van der Waals surface area contributed by atoms with Gasteiger partial charge in [0, 0.05) is 11.3 Å². The Balaban J connectivity index is 1.77. The van der Waals surface area contributed by atoms with Gasteiger partial charge < -0.3 is 19.9 Å². The van der Waals surface area contributed by atoms with E-state index >= 15 is 0 Å². The molecule has 1 fully saturated rings. The highest BCUT2D eigenvalue weighted by Crippen LogP contribution is 2.45. The molecule has 2 aromatic carbocycles. The smallest absolute Gasteiger partial charge is 0.165 e.